The molecule has 8 heteroatoms. The summed E-state index contributed by atoms with van der Waals surface area (Å²) in [7, 11) is -3.70. The SMILES string of the molecule is CCCCc1ccc(S(=O)(=O)Nc2cnn(Cc3ccc(F)cc3Cl)c2)cc1. The average molecular weight is 422 g/mol. The maximum Gasteiger partial charge on any atom is 0.261 e. The molecular formula is C20H21ClFN3O2S. The summed E-state index contributed by atoms with van der Waals surface area (Å²) in [4.78, 5) is 0.196. The van der Waals surface area contributed by atoms with Crippen LogP contribution in [0.3, 0.4) is 0 Å². The summed E-state index contributed by atoms with van der Waals surface area (Å²) in [5, 5.41) is 4.43. The van der Waals surface area contributed by atoms with E-state index < -0.39 is 15.8 Å². The summed E-state index contributed by atoms with van der Waals surface area (Å²) in [6, 6.07) is 11.0. The lowest BCUT2D eigenvalue weighted by Crippen LogP contribution is -2.12. The quantitative estimate of drug-likeness (QED) is 0.564. The molecule has 0 spiro atoms. The highest BCUT2D eigenvalue weighted by atomic mass is 35.5. The third kappa shape index (κ3) is 5.11. The van der Waals surface area contributed by atoms with E-state index in [2.05, 4.69) is 16.7 Å². The molecular weight excluding hydrogens is 401 g/mol. The summed E-state index contributed by atoms with van der Waals surface area (Å²) in [5.74, 6) is -0.414. The summed E-state index contributed by atoms with van der Waals surface area (Å²) in [6.45, 7) is 2.42. The molecule has 1 heterocycles. The number of hydrogen-bond donors (Lipinski definition) is 1. The minimum Gasteiger partial charge on any atom is -0.276 e. The number of anilines is 1. The van der Waals surface area contributed by atoms with E-state index in [9.17, 15) is 12.8 Å². The number of rotatable bonds is 8. The first kappa shape index (κ1) is 20.4. The van der Waals surface area contributed by atoms with E-state index >= 15 is 0 Å². The lowest BCUT2D eigenvalue weighted by molar-refractivity contribution is 0.601. The Balaban J connectivity index is 1.69. The molecule has 5 nitrogen and oxygen atoms in total. The molecule has 0 saturated heterocycles. The Labute approximate surface area is 169 Å². The van der Waals surface area contributed by atoms with Crippen LogP contribution in [0.5, 0.6) is 0 Å². The summed E-state index contributed by atoms with van der Waals surface area (Å²) in [6.07, 6.45) is 6.08. The van der Waals surface area contributed by atoms with E-state index in [-0.39, 0.29) is 4.90 Å². The third-order valence-corrected chi connectivity index (χ3v) is 6.03. The molecule has 3 aromatic rings. The maximum atomic E-state index is 13.1. The van der Waals surface area contributed by atoms with Crippen molar-refractivity contribution in [2.75, 3.05) is 4.72 Å². The normalized spacial score (nSPS) is 11.5. The van der Waals surface area contributed by atoms with Crippen LogP contribution < -0.4 is 4.72 Å². The second-order valence-corrected chi connectivity index (χ2v) is 8.60. The van der Waals surface area contributed by atoms with Gasteiger partial charge in [0.1, 0.15) is 5.82 Å². The van der Waals surface area contributed by atoms with Crippen molar-refractivity contribution >= 4 is 27.3 Å². The van der Waals surface area contributed by atoms with Crippen LogP contribution in [-0.4, -0.2) is 18.2 Å². The molecule has 0 atom stereocenters. The first-order valence-electron chi connectivity index (χ1n) is 8.95. The van der Waals surface area contributed by atoms with Gasteiger partial charge < -0.3 is 0 Å². The molecule has 1 N–H and O–H groups in total. The van der Waals surface area contributed by atoms with Crippen LogP contribution in [0.4, 0.5) is 10.1 Å². The number of hydrogen-bond acceptors (Lipinski definition) is 3. The average Bonchev–Trinajstić information content (AvgIpc) is 3.09. The Morgan fingerprint density at radius 2 is 1.93 bits per heavy atom. The lowest BCUT2D eigenvalue weighted by Gasteiger charge is -2.07. The number of nitrogens with zero attached hydrogens (tertiary/aromatic N) is 2. The van der Waals surface area contributed by atoms with Gasteiger partial charge in [0.05, 0.1) is 23.3 Å². The van der Waals surface area contributed by atoms with E-state index in [1.807, 2.05) is 12.1 Å². The Morgan fingerprint density at radius 1 is 1.18 bits per heavy atom. The molecule has 0 aliphatic carbocycles. The van der Waals surface area contributed by atoms with Crippen molar-refractivity contribution in [3.63, 3.8) is 0 Å². The standard InChI is InChI=1S/C20H21ClFN3O2S/c1-2-3-4-15-5-9-19(10-6-15)28(26,27)24-18-12-23-25(14-18)13-16-7-8-17(22)11-20(16)21/h5-12,14,24H,2-4,13H2,1H3. The van der Waals surface area contributed by atoms with Crippen molar-refractivity contribution in [2.45, 2.75) is 37.6 Å². The van der Waals surface area contributed by atoms with Gasteiger partial charge in [-0.05, 0) is 48.2 Å². The van der Waals surface area contributed by atoms with E-state index in [1.54, 1.807) is 24.4 Å². The Kier molecular flexibility index (Phi) is 6.36. The van der Waals surface area contributed by atoms with E-state index in [0.29, 0.717) is 22.8 Å². The first-order chi connectivity index (χ1) is 13.4. The van der Waals surface area contributed by atoms with Gasteiger partial charge in [-0.1, -0.05) is 43.1 Å². The molecule has 2 aromatic carbocycles. The number of unbranched alkanes of at least 4 members (excludes halogenated alkanes) is 1. The molecule has 0 radical (unpaired) electrons. The van der Waals surface area contributed by atoms with Crippen molar-refractivity contribution in [3.05, 3.63) is 76.8 Å². The number of aromatic nitrogens is 2. The number of aryl methyl sites for hydroxylation is 1. The predicted octanol–water partition coefficient (Wildman–Crippen LogP) is 4.87. The highest BCUT2D eigenvalue weighted by Crippen LogP contribution is 2.20. The minimum atomic E-state index is -3.70. The monoisotopic (exact) mass is 421 g/mol. The van der Waals surface area contributed by atoms with Gasteiger partial charge in [0, 0.05) is 11.2 Å². The molecule has 0 bridgehead atoms. The van der Waals surface area contributed by atoms with E-state index in [0.717, 1.165) is 24.8 Å². The number of nitrogens with one attached hydrogen (secondary N) is 1. The Hall–Kier alpha value is -2.38. The van der Waals surface area contributed by atoms with Gasteiger partial charge in [0.15, 0.2) is 0 Å². The molecule has 28 heavy (non-hydrogen) atoms. The largest absolute Gasteiger partial charge is 0.276 e. The zero-order valence-corrected chi connectivity index (χ0v) is 17.0. The van der Waals surface area contributed by atoms with E-state index in [4.69, 9.17) is 11.6 Å². The fourth-order valence-corrected chi connectivity index (χ4v) is 4.01. The second-order valence-electron chi connectivity index (χ2n) is 6.52. The summed E-state index contributed by atoms with van der Waals surface area (Å²) >= 11 is 6.02. The van der Waals surface area contributed by atoms with Crippen molar-refractivity contribution < 1.29 is 12.8 Å². The molecule has 148 valence electrons. The van der Waals surface area contributed by atoms with Crippen molar-refractivity contribution in [2.24, 2.45) is 0 Å². The van der Waals surface area contributed by atoms with Gasteiger partial charge in [-0.25, -0.2) is 12.8 Å². The van der Waals surface area contributed by atoms with Crippen molar-refractivity contribution in [3.8, 4) is 0 Å². The highest BCUT2D eigenvalue weighted by molar-refractivity contribution is 7.92. The molecule has 0 unspecified atom stereocenters. The number of sulfonamides is 1. The zero-order valence-electron chi connectivity index (χ0n) is 15.4. The van der Waals surface area contributed by atoms with E-state index in [1.165, 1.54) is 23.0 Å². The molecule has 0 fully saturated rings. The Bertz CT molecular complexity index is 1050. The van der Waals surface area contributed by atoms with Crippen molar-refractivity contribution in [1.82, 2.24) is 9.78 Å². The number of benzene rings is 2. The van der Waals surface area contributed by atoms with Crippen LogP contribution in [0.2, 0.25) is 5.02 Å². The van der Waals surface area contributed by atoms with Crippen LogP contribution in [0.1, 0.15) is 30.9 Å². The number of halogens is 2. The maximum absolute atomic E-state index is 13.1. The molecule has 0 aliphatic rings. The molecule has 3 rings (SSSR count). The van der Waals surface area contributed by atoms with Gasteiger partial charge >= 0.3 is 0 Å². The Morgan fingerprint density at radius 3 is 2.61 bits per heavy atom. The van der Waals surface area contributed by atoms with Gasteiger partial charge in [-0.2, -0.15) is 5.10 Å². The zero-order chi connectivity index (χ0) is 20.1. The fraction of sp³-hybridized carbons (Fsp3) is 0.250. The summed E-state index contributed by atoms with van der Waals surface area (Å²) < 4.78 is 42.3. The second kappa shape index (κ2) is 8.75. The fourth-order valence-electron chi connectivity index (χ4n) is 2.76. The third-order valence-electron chi connectivity index (χ3n) is 4.29. The highest BCUT2D eigenvalue weighted by Gasteiger charge is 2.15. The topological polar surface area (TPSA) is 64.0 Å². The van der Waals surface area contributed by atoms with Crippen LogP contribution in [-0.2, 0) is 23.0 Å². The van der Waals surface area contributed by atoms with Crippen LogP contribution in [0.15, 0.2) is 59.8 Å². The van der Waals surface area contributed by atoms with Crippen LogP contribution in [0.25, 0.3) is 0 Å². The molecule has 0 amide bonds. The van der Waals surface area contributed by atoms with Gasteiger partial charge in [0.2, 0.25) is 0 Å². The van der Waals surface area contributed by atoms with Gasteiger partial charge in [-0.15, -0.1) is 0 Å². The first-order valence-corrected chi connectivity index (χ1v) is 10.8. The van der Waals surface area contributed by atoms with Crippen LogP contribution in [0, 0.1) is 5.82 Å². The molecule has 1 aromatic heterocycles. The summed E-state index contributed by atoms with van der Waals surface area (Å²) in [5.41, 5.74) is 2.14. The van der Waals surface area contributed by atoms with Crippen LogP contribution >= 0.6 is 11.6 Å². The van der Waals surface area contributed by atoms with Gasteiger partial charge in [0.25, 0.3) is 10.0 Å². The smallest absolute Gasteiger partial charge is 0.261 e. The molecule has 0 saturated carbocycles. The van der Waals surface area contributed by atoms with Gasteiger partial charge in [-0.3, -0.25) is 9.40 Å². The predicted molar refractivity (Wildman–Crippen MR) is 109 cm³/mol. The lowest BCUT2D eigenvalue weighted by atomic mass is 10.1. The minimum absolute atomic E-state index is 0.196. The molecule has 0 aliphatic heterocycles. The van der Waals surface area contributed by atoms with Crippen molar-refractivity contribution in [1.29, 1.82) is 0 Å².